The highest BCUT2D eigenvalue weighted by Crippen LogP contribution is 2.30. The minimum absolute atomic E-state index is 0.168. The van der Waals surface area contributed by atoms with Crippen molar-refractivity contribution in [3.05, 3.63) is 64.7 Å². The molecule has 1 aromatic carbocycles. The van der Waals surface area contributed by atoms with Gasteiger partial charge in [-0.2, -0.15) is 18.3 Å². The first kappa shape index (κ1) is 20.4. The lowest BCUT2D eigenvalue weighted by Crippen LogP contribution is -2.23. The maximum absolute atomic E-state index is 12.6. The van der Waals surface area contributed by atoms with Crippen LogP contribution in [0.1, 0.15) is 10.5 Å². The smallest absolute Gasteiger partial charge is 0.383 e. The van der Waals surface area contributed by atoms with E-state index >= 15 is 0 Å². The molecule has 144 valence electrons. The quantitative estimate of drug-likeness (QED) is 0.561. The van der Waals surface area contributed by atoms with E-state index in [0.717, 1.165) is 41.1 Å². The highest BCUT2D eigenvalue weighted by molar-refractivity contribution is 7.92. The van der Waals surface area contributed by atoms with Crippen molar-refractivity contribution in [2.45, 2.75) is 10.4 Å². The van der Waals surface area contributed by atoms with Gasteiger partial charge in [-0.05, 0) is 24.3 Å². The molecule has 1 aromatic heterocycles. The van der Waals surface area contributed by atoms with Crippen LogP contribution >= 0.6 is 0 Å². The molecule has 0 saturated carbocycles. The highest BCUT2D eigenvalue weighted by atomic mass is 32.2. The molecule has 0 amide bonds. The molecule has 7 nitrogen and oxygen atoms in total. The second kappa shape index (κ2) is 7.35. The molecule has 0 bridgehead atoms. The van der Waals surface area contributed by atoms with Gasteiger partial charge in [-0.1, -0.05) is 0 Å². The molecule has 0 saturated heterocycles. The Bertz CT molecular complexity index is 1040. The van der Waals surface area contributed by atoms with E-state index in [1.165, 1.54) is 12.4 Å². The summed E-state index contributed by atoms with van der Waals surface area (Å²) in [5.74, 6) is -0.653. The predicted octanol–water partition coefficient (Wildman–Crippen LogP) is 1.78. The molecule has 0 spiro atoms. The Morgan fingerprint density at radius 1 is 1.15 bits per heavy atom. The fraction of sp³-hybridized carbons (Fsp3) is 0.188. The minimum Gasteiger partial charge on any atom is -0.383 e. The first-order valence-electron chi connectivity index (χ1n) is 7.34. The monoisotopic (exact) mass is 401 g/mol. The van der Waals surface area contributed by atoms with E-state index in [2.05, 4.69) is 5.10 Å². The lowest BCUT2D eigenvalue weighted by Gasteiger charge is -2.10. The largest absolute Gasteiger partial charge is 0.501 e. The summed E-state index contributed by atoms with van der Waals surface area (Å²) in [6.07, 6.45) is 3.78. The maximum Gasteiger partial charge on any atom is 0.501 e. The van der Waals surface area contributed by atoms with Gasteiger partial charge in [0.2, 0.25) is 11.2 Å². The van der Waals surface area contributed by atoms with Gasteiger partial charge in [-0.3, -0.25) is 9.59 Å². The van der Waals surface area contributed by atoms with Crippen molar-refractivity contribution >= 4 is 15.6 Å². The van der Waals surface area contributed by atoms with Crippen LogP contribution in [0.15, 0.2) is 58.5 Å². The zero-order chi connectivity index (χ0) is 20.4. The van der Waals surface area contributed by atoms with Crippen molar-refractivity contribution < 1.29 is 26.4 Å². The van der Waals surface area contributed by atoms with Gasteiger partial charge in [0.25, 0.3) is 9.84 Å². The molecular weight excluding hydrogens is 387 g/mol. The molecular formula is C16H14F3N3O4S. The van der Waals surface area contributed by atoms with E-state index in [0.29, 0.717) is 0 Å². The molecule has 0 aliphatic heterocycles. The zero-order valence-electron chi connectivity index (χ0n) is 14.1. The van der Waals surface area contributed by atoms with Crippen LogP contribution < -0.4 is 5.43 Å². The number of rotatable bonds is 5. The van der Waals surface area contributed by atoms with Crippen LogP contribution in [0.3, 0.4) is 0 Å². The summed E-state index contributed by atoms with van der Waals surface area (Å²) in [4.78, 5) is 24.5. The number of sulfone groups is 1. The number of carbonyl (C=O) groups is 1. The van der Waals surface area contributed by atoms with Gasteiger partial charge in [0.05, 0.1) is 10.6 Å². The Morgan fingerprint density at radius 3 is 2.26 bits per heavy atom. The third-order valence-corrected chi connectivity index (χ3v) is 4.78. The van der Waals surface area contributed by atoms with Gasteiger partial charge in [-0.25, -0.2) is 13.1 Å². The average Bonchev–Trinajstić information content (AvgIpc) is 2.59. The number of hydrogen-bond donors (Lipinski definition) is 0. The highest BCUT2D eigenvalue weighted by Gasteiger charge is 2.46. The number of ketones is 1. The standard InChI is InChI=1S/C16H14F3N3O4S/c1-21(2)9-7-13(23)15-14(24)8-10-22(20-15)11-3-5-12(6-4-11)27(25,26)16(17,18)19/h3-10H,1-2H3/b9-7+. The van der Waals surface area contributed by atoms with Crippen LogP contribution in [0.4, 0.5) is 13.2 Å². The van der Waals surface area contributed by atoms with Crippen LogP contribution in [0.5, 0.6) is 0 Å². The number of nitrogens with zero attached hydrogens (tertiary/aromatic N) is 3. The second-order valence-electron chi connectivity index (χ2n) is 5.56. The molecule has 0 atom stereocenters. The number of hydrogen-bond acceptors (Lipinski definition) is 6. The summed E-state index contributed by atoms with van der Waals surface area (Å²) in [6.45, 7) is 0. The average molecular weight is 401 g/mol. The fourth-order valence-corrected chi connectivity index (χ4v) is 2.69. The van der Waals surface area contributed by atoms with Crippen LogP contribution in [-0.4, -0.2) is 48.5 Å². The predicted molar refractivity (Wildman–Crippen MR) is 90.2 cm³/mol. The van der Waals surface area contributed by atoms with E-state index < -0.39 is 31.5 Å². The molecule has 2 aromatic rings. The van der Waals surface area contributed by atoms with Gasteiger partial charge in [0.15, 0.2) is 5.69 Å². The van der Waals surface area contributed by atoms with Crippen molar-refractivity contribution in [3.63, 3.8) is 0 Å². The summed E-state index contributed by atoms with van der Waals surface area (Å²) in [5.41, 5.74) is -6.26. The molecule has 0 fully saturated rings. The number of aromatic nitrogens is 2. The normalized spacial score (nSPS) is 12.3. The first-order chi connectivity index (χ1) is 12.4. The van der Waals surface area contributed by atoms with Crippen molar-refractivity contribution in [3.8, 4) is 5.69 Å². The zero-order valence-corrected chi connectivity index (χ0v) is 15.0. The Labute approximate surface area is 152 Å². The minimum atomic E-state index is -5.47. The van der Waals surface area contributed by atoms with Gasteiger partial charge in [-0.15, -0.1) is 0 Å². The molecule has 2 rings (SSSR count). The summed E-state index contributed by atoms with van der Waals surface area (Å²) in [5, 5.41) is 3.87. The molecule has 0 aliphatic carbocycles. The van der Waals surface area contributed by atoms with Crippen molar-refractivity contribution in [2.75, 3.05) is 14.1 Å². The topological polar surface area (TPSA) is 89.3 Å². The number of benzene rings is 1. The number of alkyl halides is 3. The Morgan fingerprint density at radius 2 is 1.74 bits per heavy atom. The molecule has 0 unspecified atom stereocenters. The Hall–Kier alpha value is -2.95. The number of halogens is 3. The molecule has 0 N–H and O–H groups in total. The Balaban J connectivity index is 2.41. The second-order valence-corrected chi connectivity index (χ2v) is 7.50. The summed E-state index contributed by atoms with van der Waals surface area (Å²) < 4.78 is 61.5. The van der Waals surface area contributed by atoms with Crippen molar-refractivity contribution in [1.82, 2.24) is 14.7 Å². The lowest BCUT2D eigenvalue weighted by atomic mass is 10.2. The molecule has 0 radical (unpaired) electrons. The number of carbonyl (C=O) groups excluding carboxylic acids is 1. The van der Waals surface area contributed by atoms with Crippen LogP contribution in [0, 0.1) is 0 Å². The summed E-state index contributed by atoms with van der Waals surface area (Å²) >= 11 is 0. The van der Waals surface area contributed by atoms with E-state index in [4.69, 9.17) is 0 Å². The number of allylic oxidation sites excluding steroid dienone is 1. The maximum atomic E-state index is 12.6. The van der Waals surface area contributed by atoms with Gasteiger partial charge >= 0.3 is 5.51 Å². The van der Waals surface area contributed by atoms with Gasteiger partial charge < -0.3 is 4.90 Å². The molecule has 11 heteroatoms. The lowest BCUT2D eigenvalue weighted by molar-refractivity contribution is -0.0436. The third-order valence-electron chi connectivity index (χ3n) is 3.28. The molecule has 0 aliphatic rings. The third kappa shape index (κ3) is 4.42. The first-order valence-corrected chi connectivity index (χ1v) is 8.82. The van der Waals surface area contributed by atoms with Crippen molar-refractivity contribution in [2.24, 2.45) is 0 Å². The van der Waals surface area contributed by atoms with Gasteiger partial charge in [0.1, 0.15) is 0 Å². The van der Waals surface area contributed by atoms with Crippen molar-refractivity contribution in [1.29, 1.82) is 0 Å². The van der Waals surface area contributed by atoms with E-state index in [9.17, 15) is 31.2 Å². The van der Waals surface area contributed by atoms with E-state index in [1.54, 1.807) is 19.0 Å². The van der Waals surface area contributed by atoms with Crippen LogP contribution in [0.25, 0.3) is 5.69 Å². The van der Waals surface area contributed by atoms with Gasteiger partial charge in [0, 0.05) is 38.6 Å². The fourth-order valence-electron chi connectivity index (χ4n) is 1.93. The van der Waals surface area contributed by atoms with E-state index in [-0.39, 0.29) is 11.4 Å². The van der Waals surface area contributed by atoms with Crippen LogP contribution in [0.2, 0.25) is 0 Å². The van der Waals surface area contributed by atoms with E-state index in [1.807, 2.05) is 0 Å². The van der Waals surface area contributed by atoms with Crippen LogP contribution in [-0.2, 0) is 9.84 Å². The molecule has 27 heavy (non-hydrogen) atoms. The SMILES string of the molecule is CN(C)/C=C/C(=O)c1nn(-c2ccc(S(=O)(=O)C(F)(F)F)cc2)ccc1=O. The summed E-state index contributed by atoms with van der Waals surface area (Å²) in [7, 11) is -2.11. The molecule has 1 heterocycles. The summed E-state index contributed by atoms with van der Waals surface area (Å²) in [6, 6.07) is 4.78. The Kier molecular flexibility index (Phi) is 5.54.